The standard InChI is InChI=1S/C18H24F2N2O2/c1-11(2)16(18(24)22-9-7-12(3)8-10-22)21-17(23)15-13(19)5-4-6-14(15)20/h4-6,11-12,16H,7-10H2,1-3H3,(H,21,23)/t16-/m0/s1. The molecule has 1 saturated heterocycles. The van der Waals surface area contributed by atoms with Crippen LogP contribution in [0.5, 0.6) is 0 Å². The molecule has 0 aromatic heterocycles. The molecule has 4 nitrogen and oxygen atoms in total. The highest BCUT2D eigenvalue weighted by Gasteiger charge is 2.31. The Morgan fingerprint density at radius 2 is 1.71 bits per heavy atom. The Kier molecular flexibility index (Phi) is 5.91. The maximum atomic E-state index is 13.8. The molecule has 0 bridgehead atoms. The monoisotopic (exact) mass is 338 g/mol. The van der Waals surface area contributed by atoms with Crippen LogP contribution in [0.2, 0.25) is 0 Å². The van der Waals surface area contributed by atoms with Crippen molar-refractivity contribution in [1.29, 1.82) is 0 Å². The largest absolute Gasteiger partial charge is 0.341 e. The molecule has 1 N–H and O–H groups in total. The number of benzene rings is 1. The quantitative estimate of drug-likeness (QED) is 0.917. The molecule has 0 aliphatic carbocycles. The van der Waals surface area contributed by atoms with Gasteiger partial charge in [0.15, 0.2) is 0 Å². The van der Waals surface area contributed by atoms with Crippen molar-refractivity contribution >= 4 is 11.8 Å². The van der Waals surface area contributed by atoms with E-state index in [0.29, 0.717) is 19.0 Å². The number of amides is 2. The number of likely N-dealkylation sites (tertiary alicyclic amines) is 1. The molecule has 1 fully saturated rings. The van der Waals surface area contributed by atoms with Gasteiger partial charge in [0.05, 0.1) is 0 Å². The van der Waals surface area contributed by atoms with Crippen molar-refractivity contribution in [1.82, 2.24) is 10.2 Å². The first-order valence-corrected chi connectivity index (χ1v) is 8.35. The molecule has 1 aliphatic heterocycles. The molecule has 0 saturated carbocycles. The third-order valence-electron chi connectivity index (χ3n) is 4.50. The Hall–Kier alpha value is -1.98. The minimum atomic E-state index is -0.936. The van der Waals surface area contributed by atoms with Crippen LogP contribution in [0, 0.1) is 23.5 Å². The van der Waals surface area contributed by atoms with Gasteiger partial charge in [-0.25, -0.2) is 8.78 Å². The molecule has 1 aromatic carbocycles. The van der Waals surface area contributed by atoms with E-state index in [-0.39, 0.29) is 11.8 Å². The van der Waals surface area contributed by atoms with Crippen molar-refractivity contribution in [2.24, 2.45) is 11.8 Å². The summed E-state index contributed by atoms with van der Waals surface area (Å²) in [5.74, 6) is -2.57. The molecule has 132 valence electrons. The summed E-state index contributed by atoms with van der Waals surface area (Å²) in [5.41, 5.74) is -0.650. The third-order valence-corrected chi connectivity index (χ3v) is 4.50. The van der Waals surface area contributed by atoms with Gasteiger partial charge in [0.25, 0.3) is 5.91 Å². The molecule has 0 spiro atoms. The van der Waals surface area contributed by atoms with Crippen LogP contribution in [0.15, 0.2) is 18.2 Å². The lowest BCUT2D eigenvalue weighted by Crippen LogP contribution is -2.53. The van der Waals surface area contributed by atoms with E-state index in [9.17, 15) is 18.4 Å². The van der Waals surface area contributed by atoms with Crippen molar-refractivity contribution in [3.63, 3.8) is 0 Å². The number of carbonyl (C=O) groups excluding carboxylic acids is 2. The van der Waals surface area contributed by atoms with Crippen molar-refractivity contribution in [2.45, 2.75) is 39.7 Å². The summed E-state index contributed by atoms with van der Waals surface area (Å²) in [6.07, 6.45) is 1.85. The van der Waals surface area contributed by atoms with Gasteiger partial charge in [-0.15, -0.1) is 0 Å². The van der Waals surface area contributed by atoms with Crippen molar-refractivity contribution in [3.05, 3.63) is 35.4 Å². The van der Waals surface area contributed by atoms with E-state index < -0.39 is 29.1 Å². The fourth-order valence-electron chi connectivity index (χ4n) is 2.87. The number of rotatable bonds is 4. The first-order valence-electron chi connectivity index (χ1n) is 8.35. The normalized spacial score (nSPS) is 17.0. The van der Waals surface area contributed by atoms with Crippen LogP contribution in [0.25, 0.3) is 0 Å². The fourth-order valence-corrected chi connectivity index (χ4v) is 2.87. The number of halogens is 2. The van der Waals surface area contributed by atoms with Crippen LogP contribution in [0.1, 0.15) is 44.0 Å². The molecule has 6 heteroatoms. The predicted octanol–water partition coefficient (Wildman–Crippen LogP) is 2.98. The van der Waals surface area contributed by atoms with E-state index in [2.05, 4.69) is 12.2 Å². The van der Waals surface area contributed by atoms with E-state index in [1.807, 2.05) is 0 Å². The van der Waals surface area contributed by atoms with E-state index in [1.165, 1.54) is 6.07 Å². The van der Waals surface area contributed by atoms with Crippen LogP contribution in [-0.2, 0) is 4.79 Å². The van der Waals surface area contributed by atoms with Gasteiger partial charge in [-0.1, -0.05) is 26.8 Å². The topological polar surface area (TPSA) is 49.4 Å². The Labute approximate surface area is 141 Å². The Balaban J connectivity index is 2.13. The van der Waals surface area contributed by atoms with E-state index in [4.69, 9.17) is 0 Å². The highest BCUT2D eigenvalue weighted by atomic mass is 19.1. The van der Waals surface area contributed by atoms with Crippen molar-refractivity contribution < 1.29 is 18.4 Å². The first kappa shape index (κ1) is 18.4. The molecule has 1 heterocycles. The van der Waals surface area contributed by atoms with Crippen molar-refractivity contribution in [3.8, 4) is 0 Å². The van der Waals surface area contributed by atoms with Crippen LogP contribution >= 0.6 is 0 Å². The molecule has 0 unspecified atom stereocenters. The fraction of sp³-hybridized carbons (Fsp3) is 0.556. The number of hydrogen-bond donors (Lipinski definition) is 1. The summed E-state index contributed by atoms with van der Waals surface area (Å²) < 4.78 is 27.5. The second-order valence-electron chi connectivity index (χ2n) is 6.80. The van der Waals surface area contributed by atoms with Gasteiger partial charge in [0, 0.05) is 13.1 Å². The van der Waals surface area contributed by atoms with Gasteiger partial charge in [0.1, 0.15) is 23.2 Å². The Bertz CT molecular complexity index is 591. The van der Waals surface area contributed by atoms with Gasteiger partial charge in [-0.05, 0) is 36.8 Å². The molecule has 24 heavy (non-hydrogen) atoms. The summed E-state index contributed by atoms with van der Waals surface area (Å²) in [4.78, 5) is 26.7. The molecule has 2 rings (SSSR count). The Morgan fingerprint density at radius 1 is 1.17 bits per heavy atom. The van der Waals surface area contributed by atoms with Crippen LogP contribution in [0.3, 0.4) is 0 Å². The van der Waals surface area contributed by atoms with Crippen molar-refractivity contribution in [2.75, 3.05) is 13.1 Å². The van der Waals surface area contributed by atoms with Crippen LogP contribution < -0.4 is 5.32 Å². The number of piperidine rings is 1. The second-order valence-corrected chi connectivity index (χ2v) is 6.80. The molecule has 1 aromatic rings. The third kappa shape index (κ3) is 4.10. The zero-order valence-corrected chi connectivity index (χ0v) is 14.3. The zero-order chi connectivity index (χ0) is 17.9. The van der Waals surface area contributed by atoms with Gasteiger partial charge in [0.2, 0.25) is 5.91 Å². The smallest absolute Gasteiger partial charge is 0.257 e. The predicted molar refractivity (Wildman–Crippen MR) is 87.4 cm³/mol. The van der Waals surface area contributed by atoms with Gasteiger partial charge < -0.3 is 10.2 Å². The lowest BCUT2D eigenvalue weighted by atomic mass is 9.96. The van der Waals surface area contributed by atoms with E-state index in [1.54, 1.807) is 18.7 Å². The average molecular weight is 338 g/mol. The molecule has 2 amide bonds. The number of nitrogens with one attached hydrogen (secondary N) is 1. The Morgan fingerprint density at radius 3 is 2.21 bits per heavy atom. The van der Waals surface area contributed by atoms with Gasteiger partial charge >= 0.3 is 0 Å². The molecule has 1 aliphatic rings. The summed E-state index contributed by atoms with van der Waals surface area (Å²) in [6, 6.07) is 2.44. The second kappa shape index (κ2) is 7.73. The molecular formula is C18H24F2N2O2. The summed E-state index contributed by atoms with van der Waals surface area (Å²) in [5, 5.41) is 2.51. The van der Waals surface area contributed by atoms with E-state index in [0.717, 1.165) is 25.0 Å². The number of hydrogen-bond acceptors (Lipinski definition) is 2. The SMILES string of the molecule is CC1CCN(C(=O)[C@@H](NC(=O)c2c(F)cccc2F)C(C)C)CC1. The number of nitrogens with zero attached hydrogens (tertiary/aromatic N) is 1. The van der Waals surface area contributed by atoms with Gasteiger partial charge in [-0.3, -0.25) is 9.59 Å². The van der Waals surface area contributed by atoms with E-state index >= 15 is 0 Å². The highest BCUT2D eigenvalue weighted by Crippen LogP contribution is 2.19. The lowest BCUT2D eigenvalue weighted by molar-refractivity contribution is -0.135. The average Bonchev–Trinajstić information content (AvgIpc) is 2.52. The molecular weight excluding hydrogens is 314 g/mol. The minimum Gasteiger partial charge on any atom is -0.341 e. The molecule has 1 atom stereocenters. The number of carbonyl (C=O) groups is 2. The first-order chi connectivity index (χ1) is 11.3. The zero-order valence-electron chi connectivity index (χ0n) is 14.3. The minimum absolute atomic E-state index is 0.185. The van der Waals surface area contributed by atoms with Gasteiger partial charge in [-0.2, -0.15) is 0 Å². The maximum absolute atomic E-state index is 13.8. The summed E-state index contributed by atoms with van der Waals surface area (Å²) >= 11 is 0. The van der Waals surface area contributed by atoms with Crippen LogP contribution in [0.4, 0.5) is 8.78 Å². The molecule has 0 radical (unpaired) electrons. The lowest BCUT2D eigenvalue weighted by Gasteiger charge is -2.34. The summed E-state index contributed by atoms with van der Waals surface area (Å²) in [7, 11) is 0. The highest BCUT2D eigenvalue weighted by molar-refractivity contribution is 5.98. The summed E-state index contributed by atoms with van der Waals surface area (Å²) in [6.45, 7) is 7.03. The maximum Gasteiger partial charge on any atom is 0.257 e. The van der Waals surface area contributed by atoms with Crippen LogP contribution in [-0.4, -0.2) is 35.8 Å².